The minimum absolute atomic E-state index is 0. The largest absolute Gasteiger partial charge is 0.380 e. The summed E-state index contributed by atoms with van der Waals surface area (Å²) in [6.45, 7) is 9.27. The number of hydrogen-bond acceptors (Lipinski definition) is 3. The van der Waals surface area contributed by atoms with Crippen LogP contribution in [0.5, 0.6) is 0 Å². The van der Waals surface area contributed by atoms with Crippen molar-refractivity contribution in [1.29, 1.82) is 0 Å². The quantitative estimate of drug-likeness (QED) is 0.717. The van der Waals surface area contributed by atoms with E-state index in [1.165, 1.54) is 25.8 Å². The molecule has 0 spiro atoms. The van der Waals surface area contributed by atoms with Crippen molar-refractivity contribution in [2.45, 2.75) is 45.6 Å². The van der Waals surface area contributed by atoms with Crippen molar-refractivity contribution in [2.75, 3.05) is 32.8 Å². The van der Waals surface area contributed by atoms with E-state index < -0.39 is 0 Å². The molecule has 104 valence electrons. The third-order valence-corrected chi connectivity index (χ3v) is 3.22. The highest BCUT2D eigenvalue weighted by atomic mass is 35.5. The van der Waals surface area contributed by atoms with Crippen molar-refractivity contribution in [3.05, 3.63) is 0 Å². The minimum atomic E-state index is 0. The van der Waals surface area contributed by atoms with Crippen LogP contribution in [-0.2, 0) is 4.74 Å². The molecular weight excluding hydrogens is 236 g/mol. The molecule has 1 rings (SSSR count). The second-order valence-corrected chi connectivity index (χ2v) is 5.23. The highest BCUT2D eigenvalue weighted by Gasteiger charge is 2.20. The third-order valence-electron chi connectivity index (χ3n) is 3.22. The van der Waals surface area contributed by atoms with Gasteiger partial charge in [-0.3, -0.25) is 4.90 Å². The summed E-state index contributed by atoms with van der Waals surface area (Å²) >= 11 is 0. The van der Waals surface area contributed by atoms with Gasteiger partial charge in [-0.1, -0.05) is 20.3 Å². The fraction of sp³-hybridized carbons (Fsp3) is 1.00. The Morgan fingerprint density at radius 3 is 2.76 bits per heavy atom. The van der Waals surface area contributed by atoms with Gasteiger partial charge in [0, 0.05) is 19.2 Å². The van der Waals surface area contributed by atoms with E-state index in [1.54, 1.807) is 0 Å². The van der Waals surface area contributed by atoms with Crippen LogP contribution in [-0.4, -0.2) is 43.8 Å². The van der Waals surface area contributed by atoms with E-state index in [0.29, 0.717) is 12.0 Å². The van der Waals surface area contributed by atoms with Crippen LogP contribution in [0.4, 0.5) is 0 Å². The van der Waals surface area contributed by atoms with Crippen molar-refractivity contribution in [3.63, 3.8) is 0 Å². The number of likely N-dealkylation sites (tertiary alicyclic amines) is 1. The van der Waals surface area contributed by atoms with Crippen LogP contribution in [0.1, 0.15) is 39.5 Å². The van der Waals surface area contributed by atoms with E-state index in [1.807, 2.05) is 0 Å². The predicted octanol–water partition coefficient (Wildman–Crippen LogP) is 2.28. The van der Waals surface area contributed by atoms with E-state index in [0.717, 1.165) is 32.7 Å². The van der Waals surface area contributed by atoms with Gasteiger partial charge >= 0.3 is 0 Å². The lowest BCUT2D eigenvalue weighted by molar-refractivity contribution is 0.0586. The van der Waals surface area contributed by atoms with Gasteiger partial charge < -0.3 is 10.5 Å². The van der Waals surface area contributed by atoms with Gasteiger partial charge in [0.25, 0.3) is 0 Å². The molecule has 1 unspecified atom stereocenters. The SMILES string of the molecule is CC(C)COCCN1CCCCC1CCN.Cl. The molecule has 2 N–H and O–H groups in total. The van der Waals surface area contributed by atoms with Crippen LogP contribution < -0.4 is 5.73 Å². The number of hydrogen-bond donors (Lipinski definition) is 1. The van der Waals surface area contributed by atoms with Crippen LogP contribution in [0.15, 0.2) is 0 Å². The van der Waals surface area contributed by atoms with E-state index in [-0.39, 0.29) is 12.4 Å². The molecule has 1 atom stereocenters. The highest BCUT2D eigenvalue weighted by Crippen LogP contribution is 2.18. The second-order valence-electron chi connectivity index (χ2n) is 5.23. The predicted molar refractivity (Wildman–Crippen MR) is 75.8 cm³/mol. The van der Waals surface area contributed by atoms with E-state index in [2.05, 4.69) is 18.7 Å². The Hall–Kier alpha value is 0.170. The van der Waals surface area contributed by atoms with Gasteiger partial charge in [0.15, 0.2) is 0 Å². The van der Waals surface area contributed by atoms with Crippen molar-refractivity contribution >= 4 is 12.4 Å². The second kappa shape index (κ2) is 10.1. The molecule has 0 radical (unpaired) electrons. The number of nitrogens with zero attached hydrogens (tertiary/aromatic N) is 1. The van der Waals surface area contributed by atoms with E-state index in [4.69, 9.17) is 10.5 Å². The molecule has 3 nitrogen and oxygen atoms in total. The summed E-state index contributed by atoms with van der Waals surface area (Å²) in [6, 6.07) is 0.710. The number of rotatable bonds is 7. The maximum Gasteiger partial charge on any atom is 0.0593 e. The molecule has 0 aromatic rings. The molecule has 1 saturated heterocycles. The molecule has 1 heterocycles. The Bertz CT molecular complexity index is 177. The summed E-state index contributed by atoms with van der Waals surface area (Å²) in [7, 11) is 0. The first-order valence-corrected chi connectivity index (χ1v) is 6.76. The zero-order chi connectivity index (χ0) is 11.8. The van der Waals surface area contributed by atoms with Crippen LogP contribution in [0, 0.1) is 5.92 Å². The van der Waals surface area contributed by atoms with Crippen LogP contribution in [0.3, 0.4) is 0 Å². The molecule has 17 heavy (non-hydrogen) atoms. The normalized spacial score (nSPS) is 21.5. The Balaban J connectivity index is 0.00000256. The fourth-order valence-electron chi connectivity index (χ4n) is 2.37. The number of ether oxygens (including phenoxy) is 1. The summed E-state index contributed by atoms with van der Waals surface area (Å²) in [4.78, 5) is 2.57. The molecular formula is C13H29ClN2O. The smallest absolute Gasteiger partial charge is 0.0593 e. The van der Waals surface area contributed by atoms with Gasteiger partial charge in [0.2, 0.25) is 0 Å². The Kier molecular flexibility index (Phi) is 10.2. The van der Waals surface area contributed by atoms with Crippen LogP contribution in [0.2, 0.25) is 0 Å². The van der Waals surface area contributed by atoms with Gasteiger partial charge in [-0.15, -0.1) is 12.4 Å². The van der Waals surface area contributed by atoms with Gasteiger partial charge in [0.05, 0.1) is 6.61 Å². The topological polar surface area (TPSA) is 38.5 Å². The number of piperidine rings is 1. The summed E-state index contributed by atoms with van der Waals surface area (Å²) in [5, 5.41) is 0. The fourth-order valence-corrected chi connectivity index (χ4v) is 2.37. The lowest BCUT2D eigenvalue weighted by Gasteiger charge is -2.35. The summed E-state index contributed by atoms with van der Waals surface area (Å²) < 4.78 is 5.65. The molecule has 0 saturated carbocycles. The molecule has 0 aromatic heterocycles. The van der Waals surface area contributed by atoms with Gasteiger partial charge in [0.1, 0.15) is 0 Å². The maximum absolute atomic E-state index is 5.66. The Labute approximate surface area is 112 Å². The third kappa shape index (κ3) is 7.24. The average Bonchev–Trinajstić information content (AvgIpc) is 2.26. The molecule has 0 amide bonds. The van der Waals surface area contributed by atoms with Crippen molar-refractivity contribution < 1.29 is 4.74 Å². The first-order chi connectivity index (χ1) is 7.74. The molecule has 0 bridgehead atoms. The minimum Gasteiger partial charge on any atom is -0.380 e. The van der Waals surface area contributed by atoms with E-state index >= 15 is 0 Å². The van der Waals surface area contributed by atoms with Crippen LogP contribution >= 0.6 is 12.4 Å². The first-order valence-electron chi connectivity index (χ1n) is 6.76. The molecule has 1 aliphatic heterocycles. The Morgan fingerprint density at radius 2 is 2.12 bits per heavy atom. The summed E-state index contributed by atoms with van der Waals surface area (Å²) in [5.74, 6) is 0.640. The van der Waals surface area contributed by atoms with Gasteiger partial charge in [-0.05, 0) is 38.3 Å². The zero-order valence-electron chi connectivity index (χ0n) is 11.4. The first kappa shape index (κ1) is 17.2. The highest BCUT2D eigenvalue weighted by molar-refractivity contribution is 5.85. The lowest BCUT2D eigenvalue weighted by atomic mass is 9.99. The molecule has 0 aliphatic carbocycles. The van der Waals surface area contributed by atoms with Crippen molar-refractivity contribution in [2.24, 2.45) is 11.7 Å². The Morgan fingerprint density at radius 1 is 1.35 bits per heavy atom. The van der Waals surface area contributed by atoms with Crippen molar-refractivity contribution in [1.82, 2.24) is 4.90 Å². The lowest BCUT2D eigenvalue weighted by Crippen LogP contribution is -2.42. The molecule has 1 fully saturated rings. The molecule has 4 heteroatoms. The number of halogens is 1. The monoisotopic (exact) mass is 264 g/mol. The zero-order valence-corrected chi connectivity index (χ0v) is 12.2. The molecule has 1 aliphatic rings. The van der Waals surface area contributed by atoms with Gasteiger partial charge in [-0.2, -0.15) is 0 Å². The molecule has 0 aromatic carbocycles. The van der Waals surface area contributed by atoms with Gasteiger partial charge in [-0.25, -0.2) is 0 Å². The van der Waals surface area contributed by atoms with Crippen molar-refractivity contribution in [3.8, 4) is 0 Å². The van der Waals surface area contributed by atoms with E-state index in [9.17, 15) is 0 Å². The maximum atomic E-state index is 5.66. The summed E-state index contributed by atoms with van der Waals surface area (Å²) in [5.41, 5.74) is 5.66. The average molecular weight is 265 g/mol. The summed E-state index contributed by atoms with van der Waals surface area (Å²) in [6.07, 6.45) is 5.17. The van der Waals surface area contributed by atoms with Crippen LogP contribution in [0.25, 0.3) is 0 Å². The standard InChI is InChI=1S/C13H28N2O.ClH/c1-12(2)11-16-10-9-15-8-4-3-5-13(15)6-7-14;/h12-13H,3-11,14H2,1-2H3;1H. The number of nitrogens with two attached hydrogens (primary N) is 1.